The van der Waals surface area contributed by atoms with Crippen LogP contribution in [0.15, 0.2) is 71.4 Å². The summed E-state index contributed by atoms with van der Waals surface area (Å²) >= 11 is 0. The van der Waals surface area contributed by atoms with Gasteiger partial charge in [-0.3, -0.25) is 9.36 Å². The van der Waals surface area contributed by atoms with Crippen LogP contribution in [0.4, 0.5) is 0 Å². The fraction of sp³-hybridized carbons (Fsp3) is 0.167. The van der Waals surface area contributed by atoms with E-state index in [1.54, 1.807) is 39.0 Å². The van der Waals surface area contributed by atoms with E-state index < -0.39 is 11.2 Å². The van der Waals surface area contributed by atoms with E-state index in [-0.39, 0.29) is 17.2 Å². The van der Waals surface area contributed by atoms with Crippen LogP contribution in [0.3, 0.4) is 0 Å². The summed E-state index contributed by atoms with van der Waals surface area (Å²) in [6.45, 7) is 5.35. The molecule has 4 rings (SSSR count). The molecule has 0 atom stereocenters. The summed E-state index contributed by atoms with van der Waals surface area (Å²) in [5, 5.41) is 25.5. The maximum absolute atomic E-state index is 13.2. The number of aromatic nitrogens is 2. The largest absolute Gasteiger partial charge is 0.503 e. The highest BCUT2D eigenvalue weighted by Crippen LogP contribution is 2.45. The normalized spacial score (nSPS) is 11.6. The first-order valence-electron chi connectivity index (χ1n) is 9.57. The van der Waals surface area contributed by atoms with E-state index in [1.165, 1.54) is 10.8 Å². The van der Waals surface area contributed by atoms with Crippen molar-refractivity contribution in [1.82, 2.24) is 9.72 Å². The van der Waals surface area contributed by atoms with Gasteiger partial charge < -0.3 is 14.7 Å². The van der Waals surface area contributed by atoms with E-state index in [0.717, 1.165) is 5.56 Å². The molecule has 0 radical (unpaired) electrons. The van der Waals surface area contributed by atoms with Gasteiger partial charge in [-0.05, 0) is 17.7 Å². The van der Waals surface area contributed by atoms with Crippen LogP contribution in [0.1, 0.15) is 31.1 Å². The molecule has 4 aromatic rings. The van der Waals surface area contributed by atoms with Crippen molar-refractivity contribution in [3.05, 3.63) is 72.5 Å². The third-order valence-electron chi connectivity index (χ3n) is 4.94. The molecule has 0 aliphatic carbocycles. The maximum Gasteiger partial charge on any atom is 0.240 e. The number of nitrogens with zero attached hydrogens (tertiary/aromatic N) is 2. The zero-order valence-corrected chi connectivity index (χ0v) is 17.0. The maximum atomic E-state index is 13.2. The Morgan fingerprint density at radius 1 is 0.933 bits per heavy atom. The first-order chi connectivity index (χ1) is 14.3. The number of Topliss-reactive ketones (excluding diaryl/α,β-unsaturated/α-hetero) is 1. The topological polar surface area (TPSA) is 88.5 Å². The zero-order chi connectivity index (χ0) is 21.5. The van der Waals surface area contributed by atoms with Gasteiger partial charge in [-0.1, -0.05) is 68.4 Å². The molecule has 0 unspecified atom stereocenters. The molecule has 0 bridgehead atoms. The number of aromatic hydroxyl groups is 2. The average Bonchev–Trinajstić information content (AvgIpc) is 3.35. The summed E-state index contributed by atoms with van der Waals surface area (Å²) in [7, 11) is 0. The Kier molecular flexibility index (Phi) is 4.70. The molecule has 0 saturated heterocycles. The van der Waals surface area contributed by atoms with Crippen molar-refractivity contribution in [2.24, 2.45) is 5.41 Å². The molecule has 6 heteroatoms. The van der Waals surface area contributed by atoms with Gasteiger partial charge in [0, 0.05) is 22.7 Å². The highest BCUT2D eigenvalue weighted by molar-refractivity contribution is 6.08. The molecule has 0 spiro atoms. The number of benzene rings is 2. The fourth-order valence-electron chi connectivity index (χ4n) is 3.40. The van der Waals surface area contributed by atoms with Crippen LogP contribution < -0.4 is 0 Å². The van der Waals surface area contributed by atoms with Crippen LogP contribution in [0.5, 0.6) is 11.6 Å². The zero-order valence-electron chi connectivity index (χ0n) is 17.0. The molecular formula is C24H22N2O4. The van der Waals surface area contributed by atoms with E-state index in [2.05, 4.69) is 5.16 Å². The Morgan fingerprint density at radius 2 is 1.60 bits per heavy atom. The van der Waals surface area contributed by atoms with Gasteiger partial charge in [-0.2, -0.15) is 0 Å². The minimum atomic E-state index is -0.740. The number of rotatable bonds is 4. The van der Waals surface area contributed by atoms with Crippen LogP contribution in [0.25, 0.3) is 28.2 Å². The summed E-state index contributed by atoms with van der Waals surface area (Å²) in [6.07, 6.45) is 1.50. The first kappa shape index (κ1) is 19.5. The van der Waals surface area contributed by atoms with Gasteiger partial charge in [0.05, 0.1) is 11.3 Å². The molecule has 0 saturated carbocycles. The van der Waals surface area contributed by atoms with E-state index in [1.807, 2.05) is 42.5 Å². The number of carbonyl (C=O) groups excluding carboxylic acids is 1. The van der Waals surface area contributed by atoms with Crippen LogP contribution in [0, 0.1) is 5.41 Å². The Hall–Kier alpha value is -3.80. The van der Waals surface area contributed by atoms with Gasteiger partial charge in [0.25, 0.3) is 0 Å². The lowest BCUT2D eigenvalue weighted by Crippen LogP contribution is -2.20. The molecule has 6 nitrogen and oxygen atoms in total. The van der Waals surface area contributed by atoms with Crippen LogP contribution >= 0.6 is 0 Å². The lowest BCUT2D eigenvalue weighted by molar-refractivity contribution is 0.0856. The lowest BCUT2D eigenvalue weighted by atomic mass is 9.85. The van der Waals surface area contributed by atoms with Gasteiger partial charge in [0.2, 0.25) is 5.88 Å². The second-order valence-electron chi connectivity index (χ2n) is 8.11. The van der Waals surface area contributed by atoms with Crippen molar-refractivity contribution in [1.29, 1.82) is 0 Å². The summed E-state index contributed by atoms with van der Waals surface area (Å²) < 4.78 is 6.39. The predicted octanol–water partition coefficient (Wildman–Crippen LogP) is 5.44. The minimum absolute atomic E-state index is 0.103. The molecule has 30 heavy (non-hydrogen) atoms. The molecule has 2 aromatic carbocycles. The highest BCUT2D eigenvalue weighted by Gasteiger charge is 2.34. The molecule has 0 aliphatic rings. The Labute approximate surface area is 174 Å². The van der Waals surface area contributed by atoms with Crippen molar-refractivity contribution < 1.29 is 19.5 Å². The molecule has 0 fully saturated rings. The number of hydrogen-bond donors (Lipinski definition) is 2. The third kappa shape index (κ3) is 3.26. The Morgan fingerprint density at radius 3 is 2.17 bits per heavy atom. The summed E-state index contributed by atoms with van der Waals surface area (Å²) in [5.41, 5.74) is 2.65. The van der Waals surface area contributed by atoms with Crippen LogP contribution in [0.2, 0.25) is 0 Å². The van der Waals surface area contributed by atoms with Gasteiger partial charge in [-0.15, -0.1) is 0 Å². The van der Waals surface area contributed by atoms with Crippen molar-refractivity contribution in [3.63, 3.8) is 0 Å². The number of carbonyl (C=O) groups is 1. The molecule has 0 amide bonds. The van der Waals surface area contributed by atoms with Crippen LogP contribution in [-0.4, -0.2) is 25.7 Å². The molecule has 2 aromatic heterocycles. The van der Waals surface area contributed by atoms with Crippen molar-refractivity contribution in [2.45, 2.75) is 20.8 Å². The SMILES string of the molecule is CC(C)(C)C(=O)c1c(O)c(O)n(-c2ccc(-c3ccon3)cc2)c1-c1ccccc1. The van der Waals surface area contributed by atoms with E-state index >= 15 is 0 Å². The molecule has 0 aliphatic heterocycles. The van der Waals surface area contributed by atoms with Gasteiger partial charge in [0.1, 0.15) is 12.0 Å². The smallest absolute Gasteiger partial charge is 0.240 e. The van der Waals surface area contributed by atoms with Crippen molar-refractivity contribution >= 4 is 5.78 Å². The summed E-state index contributed by atoms with van der Waals surface area (Å²) in [6, 6.07) is 18.3. The first-order valence-corrected chi connectivity index (χ1v) is 9.57. The summed E-state index contributed by atoms with van der Waals surface area (Å²) in [4.78, 5) is 13.2. The Balaban J connectivity index is 1.95. The van der Waals surface area contributed by atoms with E-state index in [4.69, 9.17) is 4.52 Å². The predicted molar refractivity (Wildman–Crippen MR) is 114 cm³/mol. The number of hydrogen-bond acceptors (Lipinski definition) is 5. The monoisotopic (exact) mass is 402 g/mol. The van der Waals surface area contributed by atoms with Crippen molar-refractivity contribution in [2.75, 3.05) is 0 Å². The average molecular weight is 402 g/mol. The lowest BCUT2D eigenvalue weighted by Gasteiger charge is -2.18. The second-order valence-corrected chi connectivity index (χ2v) is 8.11. The third-order valence-corrected chi connectivity index (χ3v) is 4.94. The van der Waals surface area contributed by atoms with E-state index in [9.17, 15) is 15.0 Å². The van der Waals surface area contributed by atoms with E-state index in [0.29, 0.717) is 22.6 Å². The van der Waals surface area contributed by atoms with Crippen molar-refractivity contribution in [3.8, 4) is 39.8 Å². The minimum Gasteiger partial charge on any atom is -0.503 e. The highest BCUT2D eigenvalue weighted by atomic mass is 16.5. The van der Waals surface area contributed by atoms with Crippen LogP contribution in [-0.2, 0) is 0 Å². The number of ketones is 1. The van der Waals surface area contributed by atoms with Gasteiger partial charge >= 0.3 is 0 Å². The molecule has 2 heterocycles. The quantitative estimate of drug-likeness (QED) is 0.444. The summed E-state index contributed by atoms with van der Waals surface area (Å²) in [5.74, 6) is -1.06. The standard InChI is InChI=1S/C24H22N2O4/c1-24(2,3)22(28)19-20(16-7-5-4-6-8-16)26(23(29)21(19)27)17-11-9-15(10-12-17)18-13-14-30-25-18/h4-14,27,29H,1-3H3. The Bertz CT molecular complexity index is 1180. The second kappa shape index (κ2) is 7.22. The van der Waals surface area contributed by atoms with Gasteiger partial charge in [0.15, 0.2) is 11.5 Å². The molecule has 152 valence electrons. The fourth-order valence-corrected chi connectivity index (χ4v) is 3.40. The molecule has 2 N–H and O–H groups in total. The molecular weight excluding hydrogens is 380 g/mol. The van der Waals surface area contributed by atoms with Gasteiger partial charge in [-0.25, -0.2) is 0 Å².